The number of carbonyl (C=O) groups excluding carboxylic acids is 2. The topological polar surface area (TPSA) is 66.8 Å². The zero-order valence-electron chi connectivity index (χ0n) is 19.7. The standard InChI is InChI=1S/C29H29NO4/c1-4-34-23-14-12-22(13-15-23)26-25(27(31)24-18-19(2)10-11-20(24)3)28(32)29(33)30(26)17-16-21-8-6-5-7-9-21/h5-15,18,26,31H,4,16-17H2,1-3H3. The second kappa shape index (κ2) is 9.96. The van der Waals surface area contributed by atoms with Gasteiger partial charge in [-0.2, -0.15) is 0 Å². The fraction of sp³-hybridized carbons (Fsp3) is 0.241. The van der Waals surface area contributed by atoms with Crippen LogP contribution in [0, 0.1) is 13.8 Å². The maximum Gasteiger partial charge on any atom is 0.295 e. The normalized spacial score (nSPS) is 17.3. The number of aliphatic hydroxyl groups excluding tert-OH is 1. The molecule has 1 unspecified atom stereocenters. The van der Waals surface area contributed by atoms with Crippen LogP contribution >= 0.6 is 0 Å². The number of amides is 1. The van der Waals surface area contributed by atoms with Gasteiger partial charge < -0.3 is 14.7 Å². The van der Waals surface area contributed by atoms with Crippen LogP contribution in [-0.2, 0) is 16.0 Å². The number of hydrogen-bond acceptors (Lipinski definition) is 4. The summed E-state index contributed by atoms with van der Waals surface area (Å²) < 4.78 is 5.56. The molecule has 1 atom stereocenters. The van der Waals surface area contributed by atoms with E-state index in [2.05, 4.69) is 0 Å². The predicted octanol–water partition coefficient (Wildman–Crippen LogP) is 5.37. The molecule has 4 rings (SSSR count). The van der Waals surface area contributed by atoms with E-state index >= 15 is 0 Å². The van der Waals surface area contributed by atoms with E-state index in [1.165, 1.54) is 0 Å². The molecule has 5 nitrogen and oxygen atoms in total. The molecule has 1 heterocycles. The summed E-state index contributed by atoms with van der Waals surface area (Å²) in [5.41, 5.74) is 4.31. The molecule has 1 amide bonds. The number of rotatable bonds is 7. The van der Waals surface area contributed by atoms with Crippen LogP contribution in [0.2, 0.25) is 0 Å². The zero-order valence-corrected chi connectivity index (χ0v) is 19.7. The largest absolute Gasteiger partial charge is 0.507 e. The number of hydrogen-bond donors (Lipinski definition) is 1. The lowest BCUT2D eigenvalue weighted by atomic mass is 9.93. The maximum atomic E-state index is 13.3. The van der Waals surface area contributed by atoms with Crippen molar-refractivity contribution >= 4 is 17.4 Å². The van der Waals surface area contributed by atoms with E-state index in [9.17, 15) is 14.7 Å². The van der Waals surface area contributed by atoms with Gasteiger partial charge in [-0.3, -0.25) is 9.59 Å². The van der Waals surface area contributed by atoms with Gasteiger partial charge in [-0.15, -0.1) is 0 Å². The van der Waals surface area contributed by atoms with Crippen LogP contribution in [0.4, 0.5) is 0 Å². The Hall–Kier alpha value is -3.86. The molecule has 1 saturated heterocycles. The minimum Gasteiger partial charge on any atom is -0.507 e. The number of benzene rings is 3. The van der Waals surface area contributed by atoms with E-state index in [0.717, 1.165) is 22.3 Å². The number of aryl methyl sites for hydroxylation is 2. The van der Waals surface area contributed by atoms with Crippen molar-refractivity contribution in [3.8, 4) is 5.75 Å². The van der Waals surface area contributed by atoms with Gasteiger partial charge in [0.25, 0.3) is 11.7 Å². The van der Waals surface area contributed by atoms with E-state index in [-0.39, 0.29) is 11.3 Å². The molecule has 0 bridgehead atoms. The molecule has 1 fully saturated rings. The Morgan fingerprint density at radius 3 is 2.35 bits per heavy atom. The van der Waals surface area contributed by atoms with Crippen LogP contribution in [0.5, 0.6) is 5.75 Å². The van der Waals surface area contributed by atoms with Gasteiger partial charge in [0, 0.05) is 12.1 Å². The third-order valence-corrected chi connectivity index (χ3v) is 6.18. The average molecular weight is 456 g/mol. The SMILES string of the molecule is CCOc1ccc(C2C(=C(O)c3cc(C)ccc3C)C(=O)C(=O)N2CCc2ccccc2)cc1. The molecule has 0 radical (unpaired) electrons. The van der Waals surface area contributed by atoms with E-state index < -0.39 is 17.7 Å². The zero-order chi connectivity index (χ0) is 24.2. The first kappa shape index (κ1) is 23.3. The molecule has 1 aliphatic rings. The highest BCUT2D eigenvalue weighted by atomic mass is 16.5. The molecule has 3 aromatic rings. The second-order valence-corrected chi connectivity index (χ2v) is 8.55. The van der Waals surface area contributed by atoms with Gasteiger partial charge in [-0.25, -0.2) is 0 Å². The molecule has 0 spiro atoms. The van der Waals surface area contributed by atoms with Gasteiger partial charge in [0.2, 0.25) is 0 Å². The molecule has 5 heteroatoms. The molecule has 174 valence electrons. The van der Waals surface area contributed by atoms with Gasteiger partial charge in [0.1, 0.15) is 11.5 Å². The number of Topliss-reactive ketones (excluding diaryl/α,β-unsaturated/α-hetero) is 1. The molecular formula is C29H29NO4. The van der Waals surface area contributed by atoms with Gasteiger partial charge >= 0.3 is 0 Å². The highest BCUT2D eigenvalue weighted by Crippen LogP contribution is 2.40. The summed E-state index contributed by atoms with van der Waals surface area (Å²) in [7, 11) is 0. The predicted molar refractivity (Wildman–Crippen MR) is 133 cm³/mol. The maximum absolute atomic E-state index is 13.3. The molecule has 3 aromatic carbocycles. The van der Waals surface area contributed by atoms with Crippen molar-refractivity contribution in [3.63, 3.8) is 0 Å². The van der Waals surface area contributed by atoms with Crippen LogP contribution in [0.15, 0.2) is 78.4 Å². The first-order valence-corrected chi connectivity index (χ1v) is 11.5. The van der Waals surface area contributed by atoms with Crippen molar-refractivity contribution in [2.24, 2.45) is 0 Å². The highest BCUT2D eigenvalue weighted by Gasteiger charge is 2.46. The fourth-order valence-electron chi connectivity index (χ4n) is 4.40. The van der Waals surface area contributed by atoms with Crippen LogP contribution in [0.25, 0.3) is 5.76 Å². The van der Waals surface area contributed by atoms with E-state index in [1.54, 1.807) is 4.90 Å². The van der Waals surface area contributed by atoms with Crippen molar-refractivity contribution in [1.29, 1.82) is 0 Å². The summed E-state index contributed by atoms with van der Waals surface area (Å²) in [5.74, 6) is -0.685. The third kappa shape index (κ3) is 4.60. The van der Waals surface area contributed by atoms with Gasteiger partial charge in [-0.1, -0.05) is 60.2 Å². The summed E-state index contributed by atoms with van der Waals surface area (Å²) in [4.78, 5) is 28.0. The Balaban J connectivity index is 1.80. The van der Waals surface area contributed by atoms with Crippen LogP contribution in [0.1, 0.15) is 40.8 Å². The lowest BCUT2D eigenvalue weighted by Gasteiger charge is -2.25. The number of likely N-dealkylation sites (tertiary alicyclic amines) is 1. The minimum absolute atomic E-state index is 0.121. The summed E-state index contributed by atoms with van der Waals surface area (Å²) in [5, 5.41) is 11.3. The molecule has 0 saturated carbocycles. The Morgan fingerprint density at radius 2 is 1.68 bits per heavy atom. The van der Waals surface area contributed by atoms with Crippen LogP contribution in [-0.4, -0.2) is 34.8 Å². The smallest absolute Gasteiger partial charge is 0.295 e. The van der Waals surface area contributed by atoms with Crippen molar-refractivity contribution in [3.05, 3.63) is 106 Å². The Morgan fingerprint density at radius 1 is 0.971 bits per heavy atom. The fourth-order valence-corrected chi connectivity index (χ4v) is 4.40. The summed E-state index contributed by atoms with van der Waals surface area (Å²) in [6.07, 6.45) is 0.602. The highest BCUT2D eigenvalue weighted by molar-refractivity contribution is 6.46. The van der Waals surface area contributed by atoms with Crippen molar-refractivity contribution < 1.29 is 19.4 Å². The lowest BCUT2D eigenvalue weighted by molar-refractivity contribution is -0.139. The summed E-state index contributed by atoms with van der Waals surface area (Å²) in [6, 6.07) is 22.2. The lowest BCUT2D eigenvalue weighted by Crippen LogP contribution is -2.31. The monoisotopic (exact) mass is 455 g/mol. The van der Waals surface area contributed by atoms with Crippen molar-refractivity contribution in [2.75, 3.05) is 13.2 Å². The average Bonchev–Trinajstić information content (AvgIpc) is 3.10. The minimum atomic E-state index is -0.681. The number of ether oxygens (including phenoxy) is 1. The van der Waals surface area contributed by atoms with Crippen molar-refractivity contribution in [2.45, 2.75) is 33.2 Å². The summed E-state index contributed by atoms with van der Waals surface area (Å²) in [6.45, 7) is 6.62. The molecule has 0 aromatic heterocycles. The first-order chi connectivity index (χ1) is 16.4. The molecule has 0 aliphatic carbocycles. The Labute approximate surface area is 200 Å². The Kier molecular flexibility index (Phi) is 6.82. The number of aliphatic hydroxyl groups is 1. The van der Waals surface area contributed by atoms with Gasteiger partial charge in [-0.05, 0) is 62.1 Å². The van der Waals surface area contributed by atoms with Crippen molar-refractivity contribution in [1.82, 2.24) is 4.90 Å². The molecular weight excluding hydrogens is 426 g/mol. The van der Waals surface area contributed by atoms with E-state index in [4.69, 9.17) is 4.74 Å². The number of nitrogens with zero attached hydrogens (tertiary/aromatic N) is 1. The molecule has 1 N–H and O–H groups in total. The molecule has 34 heavy (non-hydrogen) atoms. The second-order valence-electron chi connectivity index (χ2n) is 8.55. The van der Waals surface area contributed by atoms with E-state index in [0.29, 0.717) is 30.9 Å². The van der Waals surface area contributed by atoms with E-state index in [1.807, 2.05) is 93.6 Å². The van der Waals surface area contributed by atoms with Crippen LogP contribution in [0.3, 0.4) is 0 Å². The quantitative estimate of drug-likeness (QED) is 0.296. The van der Waals surface area contributed by atoms with Crippen LogP contribution < -0.4 is 4.74 Å². The number of ketones is 1. The first-order valence-electron chi connectivity index (χ1n) is 11.5. The third-order valence-electron chi connectivity index (χ3n) is 6.18. The molecule has 1 aliphatic heterocycles. The summed E-state index contributed by atoms with van der Waals surface area (Å²) >= 11 is 0. The Bertz CT molecular complexity index is 1230. The van der Waals surface area contributed by atoms with Gasteiger partial charge in [0.15, 0.2) is 0 Å². The van der Waals surface area contributed by atoms with Gasteiger partial charge in [0.05, 0.1) is 18.2 Å². The number of carbonyl (C=O) groups is 2.